The van der Waals surface area contributed by atoms with E-state index in [9.17, 15) is 14.5 Å². The third-order valence-corrected chi connectivity index (χ3v) is 3.39. The summed E-state index contributed by atoms with van der Waals surface area (Å²) < 4.78 is 16.4. The van der Waals surface area contributed by atoms with E-state index >= 15 is 0 Å². The van der Waals surface area contributed by atoms with Gasteiger partial charge in [0.25, 0.3) is 5.85 Å². The van der Waals surface area contributed by atoms with Gasteiger partial charge in [-0.25, -0.2) is 4.79 Å². The molecule has 0 heterocycles. The van der Waals surface area contributed by atoms with Crippen LogP contribution in [0.2, 0.25) is 0 Å². The molecule has 0 fully saturated rings. The second-order valence-electron chi connectivity index (χ2n) is 4.80. The summed E-state index contributed by atoms with van der Waals surface area (Å²) in [6.07, 6.45) is -2.07. The van der Waals surface area contributed by atoms with Gasteiger partial charge >= 0.3 is 13.9 Å². The van der Waals surface area contributed by atoms with Gasteiger partial charge in [-0.15, -0.1) is 0 Å². The molecule has 0 aromatic carbocycles. The summed E-state index contributed by atoms with van der Waals surface area (Å²) in [4.78, 5) is 11.2. The summed E-state index contributed by atoms with van der Waals surface area (Å²) in [6, 6.07) is 0. The molecule has 3 atom stereocenters. The Morgan fingerprint density at radius 1 is 1.39 bits per heavy atom. The second-order valence-corrected chi connectivity index (χ2v) is 6.59. The second kappa shape index (κ2) is 7.63. The van der Waals surface area contributed by atoms with E-state index in [0.29, 0.717) is 0 Å². The molecular weight excluding hydrogens is 261 g/mol. The first kappa shape index (κ1) is 17.2. The monoisotopic (exact) mass is 282 g/mol. The smallest absolute Gasteiger partial charge is 0.407 e. The van der Waals surface area contributed by atoms with Crippen LogP contribution in [0.1, 0.15) is 20.8 Å². The summed E-state index contributed by atoms with van der Waals surface area (Å²) in [7, 11) is -2.13. The van der Waals surface area contributed by atoms with E-state index in [1.807, 2.05) is 0 Å². The predicted molar refractivity (Wildman–Crippen MR) is 65.8 cm³/mol. The number of rotatable bonds is 6. The number of hydrogen-bond acceptors (Lipinski definition) is 6. The van der Waals surface area contributed by atoms with Crippen molar-refractivity contribution < 1.29 is 29.4 Å². The molecule has 0 saturated heterocycles. The van der Waals surface area contributed by atoms with E-state index in [2.05, 4.69) is 5.32 Å². The quantitative estimate of drug-likeness (QED) is 0.510. The molecule has 0 spiro atoms. The van der Waals surface area contributed by atoms with Crippen molar-refractivity contribution in [1.29, 1.82) is 0 Å². The molecule has 0 aromatic rings. The van der Waals surface area contributed by atoms with Gasteiger partial charge in [0.2, 0.25) is 0 Å². The molecule has 1 amide bonds. The number of ether oxygens (including phenoxy) is 1. The molecule has 2 unspecified atom stereocenters. The third-order valence-electron chi connectivity index (χ3n) is 1.76. The first-order valence-electron chi connectivity index (χ1n) is 5.53. The van der Waals surface area contributed by atoms with Gasteiger partial charge < -0.3 is 25.4 Å². The maximum Gasteiger partial charge on any atom is 0.407 e. The van der Waals surface area contributed by atoms with Crippen LogP contribution in [-0.2, 0) is 9.30 Å². The molecule has 0 radical (unpaired) electrons. The largest absolute Gasteiger partial charge is 0.444 e. The fourth-order valence-electron chi connectivity index (χ4n) is 0.978. The molecule has 0 aromatic heterocycles. The SMILES string of the molecule is CC(C)(C)OC(=O)NC[C@H](O)[P+](=O)CC(O)CO. The molecule has 0 aliphatic carbocycles. The van der Waals surface area contributed by atoms with E-state index in [0.717, 1.165) is 0 Å². The zero-order valence-corrected chi connectivity index (χ0v) is 11.7. The highest BCUT2D eigenvalue weighted by Gasteiger charge is 2.31. The maximum atomic E-state index is 11.4. The summed E-state index contributed by atoms with van der Waals surface area (Å²) in [5.41, 5.74) is -0.648. The van der Waals surface area contributed by atoms with Crippen molar-refractivity contribution in [3.63, 3.8) is 0 Å². The number of aliphatic hydroxyl groups is 3. The van der Waals surface area contributed by atoms with Gasteiger partial charge in [-0.05, 0) is 20.8 Å². The highest BCUT2D eigenvalue weighted by molar-refractivity contribution is 7.45. The molecule has 0 aliphatic heterocycles. The van der Waals surface area contributed by atoms with Crippen LogP contribution in [-0.4, -0.2) is 58.3 Å². The Hall–Kier alpha value is -0.750. The Bertz CT molecular complexity index is 291. The zero-order chi connectivity index (χ0) is 14.3. The summed E-state index contributed by atoms with van der Waals surface area (Å²) in [5.74, 6) is -1.28. The molecule has 4 N–H and O–H groups in total. The number of carbonyl (C=O) groups excluding carboxylic acids is 1. The van der Waals surface area contributed by atoms with Gasteiger partial charge in [-0.1, -0.05) is 4.57 Å². The Kier molecular flexibility index (Phi) is 7.32. The lowest BCUT2D eigenvalue weighted by atomic mass is 10.2. The van der Waals surface area contributed by atoms with Crippen LogP contribution in [0.4, 0.5) is 4.79 Å². The molecule has 106 valence electrons. The minimum absolute atomic E-state index is 0.219. The molecule has 0 bridgehead atoms. The van der Waals surface area contributed by atoms with E-state index in [-0.39, 0.29) is 12.7 Å². The molecule has 18 heavy (non-hydrogen) atoms. The van der Waals surface area contributed by atoms with Gasteiger partial charge in [0.05, 0.1) is 13.2 Å². The van der Waals surface area contributed by atoms with Crippen LogP contribution < -0.4 is 5.32 Å². The molecule has 8 heteroatoms. The van der Waals surface area contributed by atoms with Gasteiger partial charge in [0.1, 0.15) is 11.7 Å². The van der Waals surface area contributed by atoms with E-state index < -0.39 is 38.1 Å². The van der Waals surface area contributed by atoms with Gasteiger partial charge in [-0.3, -0.25) is 0 Å². The Balaban J connectivity index is 3.99. The van der Waals surface area contributed by atoms with Crippen molar-refractivity contribution in [3.8, 4) is 0 Å². The number of hydrogen-bond donors (Lipinski definition) is 4. The molecule has 0 saturated carbocycles. The van der Waals surface area contributed by atoms with Crippen molar-refractivity contribution in [3.05, 3.63) is 0 Å². The van der Waals surface area contributed by atoms with Gasteiger partial charge in [0.15, 0.2) is 6.16 Å². The Labute approximate surface area is 107 Å². The maximum absolute atomic E-state index is 11.4. The van der Waals surface area contributed by atoms with Crippen LogP contribution in [0.25, 0.3) is 0 Å². The molecule has 0 aliphatic rings. The minimum atomic E-state index is -2.13. The predicted octanol–water partition coefficient (Wildman–Crippen LogP) is 0.0101. The van der Waals surface area contributed by atoms with Gasteiger partial charge in [-0.2, -0.15) is 0 Å². The molecular formula is C10H21NO6P+. The number of nitrogens with one attached hydrogen (secondary N) is 1. The van der Waals surface area contributed by atoms with Crippen LogP contribution >= 0.6 is 7.80 Å². The average Bonchev–Trinajstić information content (AvgIpc) is 2.23. The highest BCUT2D eigenvalue weighted by Crippen LogP contribution is 2.26. The lowest BCUT2D eigenvalue weighted by molar-refractivity contribution is 0.0511. The number of amides is 1. The average molecular weight is 282 g/mol. The van der Waals surface area contributed by atoms with Crippen molar-refractivity contribution in [2.24, 2.45) is 0 Å². The topological polar surface area (TPSA) is 116 Å². The fourth-order valence-corrected chi connectivity index (χ4v) is 2.05. The third kappa shape index (κ3) is 8.36. The minimum Gasteiger partial charge on any atom is -0.444 e. The van der Waals surface area contributed by atoms with Crippen molar-refractivity contribution in [1.82, 2.24) is 5.32 Å². The van der Waals surface area contributed by atoms with Crippen molar-refractivity contribution in [2.45, 2.75) is 38.3 Å². The highest BCUT2D eigenvalue weighted by atomic mass is 31.1. The standard InChI is InChI=1S/C10H20NO6P/c1-10(2,3)17-9(15)11-4-8(14)18(16)6-7(13)5-12/h7-8,12-14H,4-6H2,1-3H3/p+1/t7?,8-/m1/s1. The first-order valence-corrected chi connectivity index (χ1v) is 7.04. The van der Waals surface area contributed by atoms with E-state index in [1.54, 1.807) is 20.8 Å². The van der Waals surface area contributed by atoms with Crippen molar-refractivity contribution in [2.75, 3.05) is 19.3 Å². The Morgan fingerprint density at radius 2 is 1.94 bits per heavy atom. The molecule has 0 rings (SSSR count). The Morgan fingerprint density at radius 3 is 2.39 bits per heavy atom. The first-order chi connectivity index (χ1) is 8.15. The van der Waals surface area contributed by atoms with E-state index in [1.165, 1.54) is 0 Å². The number of aliphatic hydroxyl groups excluding tert-OH is 3. The number of carbonyl (C=O) groups is 1. The number of alkyl carbamates (subject to hydrolysis) is 1. The van der Waals surface area contributed by atoms with Crippen LogP contribution in [0.5, 0.6) is 0 Å². The molecule has 7 nitrogen and oxygen atoms in total. The lowest BCUT2D eigenvalue weighted by Crippen LogP contribution is -2.36. The summed E-state index contributed by atoms with van der Waals surface area (Å²) in [5, 5.41) is 29.3. The van der Waals surface area contributed by atoms with Crippen LogP contribution in [0, 0.1) is 0 Å². The normalized spacial score (nSPS) is 15.8. The fraction of sp³-hybridized carbons (Fsp3) is 0.900. The summed E-state index contributed by atoms with van der Waals surface area (Å²) in [6.45, 7) is 4.33. The lowest BCUT2D eigenvalue weighted by Gasteiger charge is -2.19. The van der Waals surface area contributed by atoms with E-state index in [4.69, 9.17) is 14.9 Å². The summed E-state index contributed by atoms with van der Waals surface area (Å²) >= 11 is 0. The van der Waals surface area contributed by atoms with Crippen LogP contribution in [0.15, 0.2) is 0 Å². The zero-order valence-electron chi connectivity index (χ0n) is 10.8. The van der Waals surface area contributed by atoms with Crippen molar-refractivity contribution >= 4 is 13.9 Å². The van der Waals surface area contributed by atoms with Crippen LogP contribution in [0.3, 0.4) is 0 Å². The van der Waals surface area contributed by atoms with Gasteiger partial charge in [0, 0.05) is 0 Å².